The summed E-state index contributed by atoms with van der Waals surface area (Å²) in [7, 11) is 0. The number of benzene rings is 4. The lowest BCUT2D eigenvalue weighted by molar-refractivity contribution is -0.131. The summed E-state index contributed by atoms with van der Waals surface area (Å²) in [4.78, 5) is 27.4. The first-order valence-electron chi connectivity index (χ1n) is 14.8. The molecule has 0 saturated heterocycles. The van der Waals surface area contributed by atoms with E-state index in [2.05, 4.69) is 12.1 Å². The molecule has 0 fully saturated rings. The summed E-state index contributed by atoms with van der Waals surface area (Å²) in [5, 5.41) is 0. The number of thioether (sulfide) groups is 1. The van der Waals surface area contributed by atoms with Crippen LogP contribution in [-0.2, 0) is 29.2 Å². The summed E-state index contributed by atoms with van der Waals surface area (Å²) in [5.74, 6) is 1.94. The number of carbonyl (C=O) groups is 2. The van der Waals surface area contributed by atoms with Crippen molar-refractivity contribution in [3.63, 3.8) is 0 Å². The maximum atomic E-state index is 13.2. The van der Waals surface area contributed by atoms with Crippen LogP contribution in [0.15, 0.2) is 114 Å². The third-order valence-electron chi connectivity index (χ3n) is 6.94. The first-order valence-corrected chi connectivity index (χ1v) is 15.8. The minimum atomic E-state index is -0.329. The summed E-state index contributed by atoms with van der Waals surface area (Å²) >= 11 is 1.74. The highest BCUT2D eigenvalue weighted by Crippen LogP contribution is 2.30. The highest BCUT2D eigenvalue weighted by atomic mass is 32.2. The number of hydrogen-bond acceptors (Lipinski definition) is 5. The number of hydrogen-bond donors (Lipinski definition) is 1. The largest absolute Gasteiger partial charge is 0.485 e. The second-order valence-corrected chi connectivity index (χ2v) is 11.5. The number of nitrogens with zero attached hydrogens (tertiary/aromatic N) is 1. The molecule has 6 nitrogen and oxygen atoms in total. The van der Waals surface area contributed by atoms with E-state index in [0.717, 1.165) is 22.4 Å². The summed E-state index contributed by atoms with van der Waals surface area (Å²) in [6, 6.07) is 36.4. The Bertz CT molecular complexity index is 1400. The molecule has 0 aliphatic carbocycles. The number of unbranched alkanes of at least 4 members (excludes halogenated alkanes) is 1. The van der Waals surface area contributed by atoms with Crippen molar-refractivity contribution in [1.82, 2.24) is 4.90 Å². The standard InChI is InChI=1S/C36H40N2O4S/c37-35(39)18-10-11-19-36(40)38(24-25-43-32-16-8-3-9-17-32)23-22-29-20-21-33(41-27-30-12-4-1-5-13-30)34(26-29)42-28-31-14-6-2-7-15-31/h1-9,12-17,20-21,26H,10-11,18-19,22-25,27-28H2,(H2,37,39). The highest BCUT2D eigenvalue weighted by molar-refractivity contribution is 7.99. The van der Waals surface area contributed by atoms with Crippen molar-refractivity contribution >= 4 is 23.6 Å². The van der Waals surface area contributed by atoms with Gasteiger partial charge in [-0.25, -0.2) is 0 Å². The van der Waals surface area contributed by atoms with E-state index in [1.807, 2.05) is 102 Å². The van der Waals surface area contributed by atoms with Crippen LogP contribution in [0.5, 0.6) is 11.5 Å². The Hall–Kier alpha value is -4.23. The summed E-state index contributed by atoms with van der Waals surface area (Å²) < 4.78 is 12.4. The van der Waals surface area contributed by atoms with Gasteiger partial charge in [0.25, 0.3) is 0 Å². The zero-order valence-electron chi connectivity index (χ0n) is 24.5. The van der Waals surface area contributed by atoms with Crippen LogP contribution in [0.25, 0.3) is 0 Å². The lowest BCUT2D eigenvalue weighted by atomic mass is 10.1. The fourth-order valence-corrected chi connectivity index (χ4v) is 5.46. The molecule has 0 unspecified atom stereocenters. The van der Waals surface area contributed by atoms with E-state index in [4.69, 9.17) is 15.2 Å². The van der Waals surface area contributed by atoms with Crippen LogP contribution in [0.4, 0.5) is 0 Å². The van der Waals surface area contributed by atoms with Gasteiger partial charge in [0.05, 0.1) is 0 Å². The van der Waals surface area contributed by atoms with Crippen molar-refractivity contribution in [3.8, 4) is 11.5 Å². The summed E-state index contributed by atoms with van der Waals surface area (Å²) in [6.45, 7) is 2.10. The van der Waals surface area contributed by atoms with Gasteiger partial charge in [0, 0.05) is 36.6 Å². The van der Waals surface area contributed by atoms with Gasteiger partial charge in [0.15, 0.2) is 11.5 Å². The molecule has 0 radical (unpaired) electrons. The minimum Gasteiger partial charge on any atom is -0.485 e. The molecule has 0 spiro atoms. The third kappa shape index (κ3) is 11.5. The molecular weight excluding hydrogens is 556 g/mol. The number of primary amides is 1. The quantitative estimate of drug-likeness (QED) is 0.0983. The van der Waals surface area contributed by atoms with E-state index in [-0.39, 0.29) is 11.8 Å². The molecule has 0 atom stereocenters. The number of nitrogens with two attached hydrogens (primary N) is 1. The normalized spacial score (nSPS) is 10.7. The van der Waals surface area contributed by atoms with Gasteiger partial charge in [0.2, 0.25) is 11.8 Å². The second kappa shape index (κ2) is 17.7. The van der Waals surface area contributed by atoms with Crippen LogP contribution < -0.4 is 15.2 Å². The van der Waals surface area contributed by atoms with Gasteiger partial charge in [-0.1, -0.05) is 84.9 Å². The fraction of sp³-hybridized carbons (Fsp3) is 0.278. The molecule has 7 heteroatoms. The second-order valence-electron chi connectivity index (χ2n) is 10.3. The van der Waals surface area contributed by atoms with Gasteiger partial charge >= 0.3 is 0 Å². The molecule has 0 aliphatic rings. The van der Waals surface area contributed by atoms with E-state index >= 15 is 0 Å². The molecule has 4 rings (SSSR count). The Labute approximate surface area is 259 Å². The van der Waals surface area contributed by atoms with Crippen LogP contribution >= 0.6 is 11.8 Å². The molecule has 0 aromatic heterocycles. The minimum absolute atomic E-state index is 0.0986. The molecular formula is C36H40N2O4S. The average molecular weight is 597 g/mol. The number of ether oxygens (including phenoxy) is 2. The van der Waals surface area contributed by atoms with Crippen LogP contribution in [0.1, 0.15) is 42.4 Å². The third-order valence-corrected chi connectivity index (χ3v) is 7.93. The van der Waals surface area contributed by atoms with E-state index in [0.29, 0.717) is 69.9 Å². The molecule has 0 heterocycles. The first-order chi connectivity index (χ1) is 21.1. The SMILES string of the molecule is NC(=O)CCCCC(=O)N(CCSc1ccccc1)CCc1ccc(OCc2ccccc2)c(OCc2ccccc2)c1. The number of amides is 2. The zero-order valence-corrected chi connectivity index (χ0v) is 25.3. The smallest absolute Gasteiger partial charge is 0.222 e. The van der Waals surface area contributed by atoms with Gasteiger partial charge in [0.1, 0.15) is 13.2 Å². The van der Waals surface area contributed by atoms with Crippen LogP contribution in [0.3, 0.4) is 0 Å². The van der Waals surface area contributed by atoms with Gasteiger partial charge in [-0.15, -0.1) is 11.8 Å². The van der Waals surface area contributed by atoms with E-state index in [1.165, 1.54) is 4.90 Å². The van der Waals surface area contributed by atoms with Gasteiger partial charge < -0.3 is 20.1 Å². The number of rotatable bonds is 18. The Balaban J connectivity index is 1.42. The van der Waals surface area contributed by atoms with Crippen molar-refractivity contribution in [2.45, 2.75) is 50.2 Å². The monoisotopic (exact) mass is 596 g/mol. The topological polar surface area (TPSA) is 81.9 Å². The zero-order chi connectivity index (χ0) is 30.1. The fourth-order valence-electron chi connectivity index (χ4n) is 4.56. The van der Waals surface area contributed by atoms with Crippen molar-refractivity contribution < 1.29 is 19.1 Å². The van der Waals surface area contributed by atoms with Gasteiger partial charge in [-0.3, -0.25) is 9.59 Å². The number of carbonyl (C=O) groups excluding carboxylic acids is 2. The Kier molecular flexibility index (Phi) is 13.0. The molecule has 0 saturated carbocycles. The molecule has 2 N–H and O–H groups in total. The van der Waals surface area contributed by atoms with Gasteiger partial charge in [-0.05, 0) is 60.2 Å². The first kappa shape index (κ1) is 31.7. The molecule has 43 heavy (non-hydrogen) atoms. The summed E-state index contributed by atoms with van der Waals surface area (Å²) in [6.07, 6.45) is 2.67. The van der Waals surface area contributed by atoms with Crippen LogP contribution in [0, 0.1) is 0 Å². The lowest BCUT2D eigenvalue weighted by Gasteiger charge is -2.23. The Morgan fingerprint density at radius 1 is 0.651 bits per heavy atom. The predicted octanol–water partition coefficient (Wildman–Crippen LogP) is 7.05. The molecule has 2 amide bonds. The Morgan fingerprint density at radius 2 is 1.23 bits per heavy atom. The molecule has 4 aromatic carbocycles. The van der Waals surface area contributed by atoms with Crippen LogP contribution in [-0.4, -0.2) is 35.6 Å². The predicted molar refractivity (Wildman–Crippen MR) is 173 cm³/mol. The average Bonchev–Trinajstić information content (AvgIpc) is 3.04. The van der Waals surface area contributed by atoms with E-state index in [9.17, 15) is 9.59 Å². The molecule has 0 bridgehead atoms. The van der Waals surface area contributed by atoms with E-state index in [1.54, 1.807) is 11.8 Å². The highest BCUT2D eigenvalue weighted by Gasteiger charge is 2.15. The Morgan fingerprint density at radius 3 is 1.86 bits per heavy atom. The van der Waals surface area contributed by atoms with Crippen molar-refractivity contribution in [3.05, 3.63) is 126 Å². The maximum Gasteiger partial charge on any atom is 0.222 e. The molecule has 224 valence electrons. The van der Waals surface area contributed by atoms with Crippen molar-refractivity contribution in [1.29, 1.82) is 0 Å². The van der Waals surface area contributed by atoms with Gasteiger partial charge in [-0.2, -0.15) is 0 Å². The van der Waals surface area contributed by atoms with Crippen LogP contribution in [0.2, 0.25) is 0 Å². The lowest BCUT2D eigenvalue weighted by Crippen LogP contribution is -2.34. The maximum absolute atomic E-state index is 13.2. The molecule has 0 aliphatic heterocycles. The summed E-state index contributed by atoms with van der Waals surface area (Å²) in [5.41, 5.74) is 8.50. The van der Waals surface area contributed by atoms with E-state index < -0.39 is 0 Å². The van der Waals surface area contributed by atoms with Crippen molar-refractivity contribution in [2.24, 2.45) is 5.73 Å². The molecule has 4 aromatic rings. The van der Waals surface area contributed by atoms with Crippen molar-refractivity contribution in [2.75, 3.05) is 18.8 Å².